The summed E-state index contributed by atoms with van der Waals surface area (Å²) in [6.07, 6.45) is 2.24. The highest BCUT2D eigenvalue weighted by atomic mass is 16.7. The summed E-state index contributed by atoms with van der Waals surface area (Å²) in [6.45, 7) is 7.03. The molecule has 3 N–H and O–H groups in total. The van der Waals surface area contributed by atoms with E-state index in [1.807, 2.05) is 19.9 Å². The molecule has 2 aliphatic carbocycles. The van der Waals surface area contributed by atoms with Crippen molar-refractivity contribution in [1.82, 2.24) is 0 Å². The lowest BCUT2D eigenvalue weighted by molar-refractivity contribution is -0.239. The molecule has 12 unspecified atom stereocenters. The number of aliphatic hydroxyl groups is 3. The van der Waals surface area contributed by atoms with Crippen molar-refractivity contribution >= 4 is 11.9 Å². The molecule has 11 heteroatoms. The number of ether oxygens (including phenoxy) is 6. The van der Waals surface area contributed by atoms with E-state index in [0.717, 1.165) is 5.57 Å². The second kappa shape index (κ2) is 9.45. The first kappa shape index (κ1) is 28.0. The van der Waals surface area contributed by atoms with E-state index in [1.54, 1.807) is 26.0 Å². The fourth-order valence-corrected chi connectivity index (χ4v) is 7.38. The van der Waals surface area contributed by atoms with Gasteiger partial charge in [-0.25, -0.2) is 9.59 Å². The molecule has 6 rings (SSSR count). The predicted octanol–water partition coefficient (Wildman–Crippen LogP) is 0.496. The van der Waals surface area contributed by atoms with Gasteiger partial charge in [0, 0.05) is 17.9 Å². The number of cyclic esters (lactones) is 1. The van der Waals surface area contributed by atoms with Crippen molar-refractivity contribution in [3.05, 3.63) is 36.0 Å². The highest BCUT2D eigenvalue weighted by Crippen LogP contribution is 2.72. The molecule has 40 heavy (non-hydrogen) atoms. The third-order valence-electron chi connectivity index (χ3n) is 10.3. The highest BCUT2D eigenvalue weighted by molar-refractivity contribution is 5.82. The minimum Gasteiger partial charge on any atom is -0.463 e. The number of allylic oxidation sites excluding steroid dienone is 2. The molecule has 0 radical (unpaired) electrons. The number of epoxide rings is 2. The lowest BCUT2D eigenvalue weighted by Gasteiger charge is -2.58. The van der Waals surface area contributed by atoms with Gasteiger partial charge in [0.2, 0.25) is 0 Å². The fraction of sp³-hybridized carbons (Fsp3) is 0.724. The molecule has 0 aromatic carbocycles. The number of esters is 2. The summed E-state index contributed by atoms with van der Waals surface area (Å²) in [7, 11) is 0. The molecule has 0 amide bonds. The summed E-state index contributed by atoms with van der Waals surface area (Å²) in [5.41, 5.74) is -3.03. The quantitative estimate of drug-likeness (QED) is 0.232. The van der Waals surface area contributed by atoms with Crippen LogP contribution in [-0.2, 0) is 38.0 Å². The smallest absolute Gasteiger partial charge is 0.338 e. The molecule has 12 atom stereocenters. The van der Waals surface area contributed by atoms with Crippen LogP contribution in [0.4, 0.5) is 0 Å². The second-order valence-electron chi connectivity index (χ2n) is 12.5. The third-order valence-corrected chi connectivity index (χ3v) is 10.3. The van der Waals surface area contributed by atoms with Gasteiger partial charge < -0.3 is 43.7 Å². The molecule has 4 fully saturated rings. The predicted molar refractivity (Wildman–Crippen MR) is 137 cm³/mol. The first-order valence-corrected chi connectivity index (χ1v) is 13.9. The van der Waals surface area contributed by atoms with Gasteiger partial charge in [-0.05, 0) is 32.8 Å². The Balaban J connectivity index is 1.38. The Morgan fingerprint density at radius 3 is 2.55 bits per heavy atom. The molecule has 1 saturated carbocycles. The van der Waals surface area contributed by atoms with E-state index >= 15 is 0 Å². The van der Waals surface area contributed by atoms with E-state index in [9.17, 15) is 24.9 Å². The zero-order valence-electron chi connectivity index (χ0n) is 23.1. The summed E-state index contributed by atoms with van der Waals surface area (Å²) >= 11 is 0. The minimum atomic E-state index is -1.22. The normalized spacial score (nSPS) is 51.8. The Labute approximate surface area is 232 Å². The van der Waals surface area contributed by atoms with Crippen molar-refractivity contribution in [1.29, 1.82) is 0 Å². The zero-order valence-corrected chi connectivity index (χ0v) is 23.1. The Morgan fingerprint density at radius 1 is 1.10 bits per heavy atom. The maximum absolute atomic E-state index is 13.3. The van der Waals surface area contributed by atoms with Gasteiger partial charge in [0.15, 0.2) is 6.10 Å². The molecule has 3 saturated heterocycles. The van der Waals surface area contributed by atoms with Gasteiger partial charge >= 0.3 is 11.9 Å². The van der Waals surface area contributed by atoms with Gasteiger partial charge in [0.1, 0.15) is 36.1 Å². The summed E-state index contributed by atoms with van der Waals surface area (Å²) in [5, 5.41) is 31.9. The Bertz CT molecular complexity index is 1160. The van der Waals surface area contributed by atoms with Gasteiger partial charge in [-0.3, -0.25) is 0 Å². The largest absolute Gasteiger partial charge is 0.463 e. The number of hydrogen-bond donors (Lipinski definition) is 3. The van der Waals surface area contributed by atoms with E-state index in [-0.39, 0.29) is 25.7 Å². The molecule has 4 aliphatic heterocycles. The maximum Gasteiger partial charge on any atom is 0.338 e. The van der Waals surface area contributed by atoms with E-state index < -0.39 is 76.7 Å². The van der Waals surface area contributed by atoms with E-state index in [0.29, 0.717) is 13.0 Å². The average Bonchev–Trinajstić information content (AvgIpc) is 3.81. The second-order valence-corrected chi connectivity index (χ2v) is 12.5. The fourth-order valence-electron chi connectivity index (χ4n) is 7.38. The molecule has 2 spiro atoms. The summed E-state index contributed by atoms with van der Waals surface area (Å²) in [4.78, 5) is 26.3. The summed E-state index contributed by atoms with van der Waals surface area (Å²) in [5.74, 6) is -1.23. The Hall–Kier alpha value is -2.12. The van der Waals surface area contributed by atoms with Crippen LogP contribution < -0.4 is 0 Å². The van der Waals surface area contributed by atoms with Crippen molar-refractivity contribution in [3.63, 3.8) is 0 Å². The number of carbonyl (C=O) groups is 2. The van der Waals surface area contributed by atoms with Gasteiger partial charge in [-0.15, -0.1) is 0 Å². The highest BCUT2D eigenvalue weighted by Gasteiger charge is 2.83. The van der Waals surface area contributed by atoms with Gasteiger partial charge in [0.05, 0.1) is 43.0 Å². The number of carbonyl (C=O) groups excluding carboxylic acids is 2. The molecular formula is C29H38O11. The lowest BCUT2D eigenvalue weighted by atomic mass is 9.51. The zero-order chi connectivity index (χ0) is 28.7. The summed E-state index contributed by atoms with van der Waals surface area (Å²) < 4.78 is 35.9. The van der Waals surface area contributed by atoms with Gasteiger partial charge in [-0.1, -0.05) is 31.2 Å². The third kappa shape index (κ3) is 3.97. The SMILES string of the molecule is CC1=CC2OC3CC4OC(=O)/C=C\C=CC(C(C)O)OCC(O)C5(C)OC5C(=O)OCC2(CC1O)C4(C)C31CO1. The standard InChI is InChI=1S/C29H38O11/c1-15-9-21-28(11-17(15)31)13-36-25(34)24-26(3,40-24)19(32)12-35-18(16(2)30)7-5-6-8-23(33)39-20-10-22(38-21)29(14-37-29)27(20,28)4/h5-9,16-22,24,30-32H,10-14H2,1-4H3/b7-5?,8-6-. The topological polar surface area (TPSA) is 157 Å². The lowest BCUT2D eigenvalue weighted by Crippen LogP contribution is -2.68. The van der Waals surface area contributed by atoms with Crippen molar-refractivity contribution in [2.24, 2.45) is 10.8 Å². The van der Waals surface area contributed by atoms with Crippen LogP contribution in [0.15, 0.2) is 36.0 Å². The molecule has 0 aromatic heterocycles. The molecule has 4 heterocycles. The van der Waals surface area contributed by atoms with Crippen LogP contribution in [0, 0.1) is 10.8 Å². The number of aliphatic hydroxyl groups excluding tert-OH is 3. The molecule has 220 valence electrons. The first-order valence-electron chi connectivity index (χ1n) is 13.9. The van der Waals surface area contributed by atoms with E-state index in [1.165, 1.54) is 12.2 Å². The van der Waals surface area contributed by atoms with Crippen molar-refractivity contribution in [2.75, 3.05) is 19.8 Å². The van der Waals surface area contributed by atoms with E-state index in [4.69, 9.17) is 28.4 Å². The monoisotopic (exact) mass is 562 g/mol. The van der Waals surface area contributed by atoms with Crippen molar-refractivity contribution in [3.8, 4) is 0 Å². The summed E-state index contributed by atoms with van der Waals surface area (Å²) in [6, 6.07) is 0. The van der Waals surface area contributed by atoms with Gasteiger partial charge in [-0.2, -0.15) is 0 Å². The first-order chi connectivity index (χ1) is 18.9. The van der Waals surface area contributed by atoms with E-state index in [2.05, 4.69) is 0 Å². The van der Waals surface area contributed by atoms with Crippen LogP contribution in [-0.4, -0.2) is 107 Å². The molecule has 11 nitrogen and oxygen atoms in total. The Kier molecular flexibility index (Phi) is 6.62. The van der Waals surface area contributed by atoms with Crippen LogP contribution in [0.5, 0.6) is 0 Å². The molecule has 0 aromatic rings. The van der Waals surface area contributed by atoms with Crippen molar-refractivity contribution < 1.29 is 53.3 Å². The van der Waals surface area contributed by atoms with Crippen LogP contribution >= 0.6 is 0 Å². The van der Waals surface area contributed by atoms with Crippen LogP contribution in [0.3, 0.4) is 0 Å². The van der Waals surface area contributed by atoms with Gasteiger partial charge in [0.25, 0.3) is 0 Å². The average molecular weight is 563 g/mol. The molecule has 6 aliphatic rings. The van der Waals surface area contributed by atoms with Crippen LogP contribution in [0.25, 0.3) is 0 Å². The molecule has 2 bridgehead atoms. The molecular weight excluding hydrogens is 524 g/mol. The minimum absolute atomic E-state index is 0.134. The van der Waals surface area contributed by atoms with Crippen molar-refractivity contribution in [2.45, 2.75) is 101 Å². The van der Waals surface area contributed by atoms with Crippen LogP contribution in [0.2, 0.25) is 0 Å². The van der Waals surface area contributed by atoms with Crippen LogP contribution in [0.1, 0.15) is 40.5 Å². The maximum atomic E-state index is 13.3. The number of rotatable bonds is 1. The Morgan fingerprint density at radius 2 is 1.85 bits per heavy atom. The number of hydrogen-bond acceptors (Lipinski definition) is 11. The number of fused-ring (bicyclic) bond motifs is 1.